The molecule has 0 unspecified atom stereocenters. The van der Waals surface area contributed by atoms with Gasteiger partial charge in [-0.3, -0.25) is 0 Å². The average molecular weight is 172 g/mol. The highest BCUT2D eigenvalue weighted by molar-refractivity contribution is 7.14. The number of nitrogens with one attached hydrogen (secondary N) is 1. The first kappa shape index (κ1) is 8.03. The van der Waals surface area contributed by atoms with Gasteiger partial charge < -0.3 is 10.2 Å². The van der Waals surface area contributed by atoms with Crippen LogP contribution in [0.1, 0.15) is 10.4 Å². The van der Waals surface area contributed by atoms with Crippen molar-refractivity contribution in [3.8, 4) is 0 Å². The maximum absolute atomic E-state index is 10.9. The second-order valence-corrected chi connectivity index (χ2v) is 2.72. The molecule has 1 heterocycles. The molecule has 0 aliphatic rings. The number of esters is 1. The smallest absolute Gasteiger partial charge is 0.340 e. The molecule has 11 heavy (non-hydrogen) atoms. The lowest BCUT2D eigenvalue weighted by Crippen LogP contribution is -2.10. The number of nitrogen functional groups attached to an aromatic ring is 1. The summed E-state index contributed by atoms with van der Waals surface area (Å²) in [6, 6.07) is 1.66. The highest BCUT2D eigenvalue weighted by Gasteiger charge is 2.11. The topological polar surface area (TPSA) is 64.3 Å². The molecule has 1 rings (SSSR count). The van der Waals surface area contributed by atoms with E-state index in [1.54, 1.807) is 11.4 Å². The third kappa shape index (κ3) is 1.50. The maximum Gasteiger partial charge on any atom is 0.340 e. The van der Waals surface area contributed by atoms with Crippen LogP contribution in [-0.2, 0) is 4.74 Å². The first-order chi connectivity index (χ1) is 5.29. The summed E-state index contributed by atoms with van der Waals surface area (Å²) in [5, 5.41) is 2.39. The molecule has 1 aromatic heterocycles. The van der Waals surface area contributed by atoms with Crippen LogP contribution in [-0.4, -0.2) is 13.1 Å². The van der Waals surface area contributed by atoms with Gasteiger partial charge in [-0.15, -0.1) is 11.3 Å². The number of hydrogen-bond donors (Lipinski definition) is 2. The Hall–Kier alpha value is -1.07. The van der Waals surface area contributed by atoms with Gasteiger partial charge in [-0.25, -0.2) is 10.6 Å². The first-order valence-electron chi connectivity index (χ1n) is 2.92. The lowest BCUT2D eigenvalue weighted by atomic mass is 10.3. The molecule has 0 aliphatic heterocycles. The minimum Gasteiger partial charge on any atom is -0.465 e. The molecular weight excluding hydrogens is 164 g/mol. The molecular formula is C6H8N2O2S. The molecule has 0 saturated heterocycles. The summed E-state index contributed by atoms with van der Waals surface area (Å²) in [6.07, 6.45) is 0. The van der Waals surface area contributed by atoms with Crippen molar-refractivity contribution in [2.24, 2.45) is 5.84 Å². The number of nitrogens with two attached hydrogens (primary N) is 1. The fourth-order valence-corrected chi connectivity index (χ4v) is 1.38. The monoisotopic (exact) mass is 172 g/mol. The number of carbonyl (C=O) groups excluding carboxylic acids is 1. The maximum atomic E-state index is 10.9. The summed E-state index contributed by atoms with van der Waals surface area (Å²) in [6.45, 7) is 0. The molecule has 3 N–H and O–H groups in total. The van der Waals surface area contributed by atoms with Gasteiger partial charge in [-0.05, 0) is 11.4 Å². The van der Waals surface area contributed by atoms with Crippen molar-refractivity contribution in [2.45, 2.75) is 0 Å². The number of carbonyl (C=O) groups is 1. The predicted molar refractivity (Wildman–Crippen MR) is 43.5 cm³/mol. The molecule has 0 aromatic carbocycles. The van der Waals surface area contributed by atoms with E-state index in [1.807, 2.05) is 0 Å². The van der Waals surface area contributed by atoms with Crippen LogP contribution in [0.15, 0.2) is 11.4 Å². The zero-order chi connectivity index (χ0) is 8.27. The normalized spacial score (nSPS) is 9.27. The van der Waals surface area contributed by atoms with Crippen LogP contribution in [0.5, 0.6) is 0 Å². The van der Waals surface area contributed by atoms with Crippen LogP contribution in [0.3, 0.4) is 0 Å². The number of ether oxygens (including phenoxy) is 1. The highest BCUT2D eigenvalue weighted by Crippen LogP contribution is 2.22. The second-order valence-electron chi connectivity index (χ2n) is 1.80. The van der Waals surface area contributed by atoms with Crippen LogP contribution >= 0.6 is 11.3 Å². The van der Waals surface area contributed by atoms with Gasteiger partial charge in [0.1, 0.15) is 5.00 Å². The molecule has 0 spiro atoms. The van der Waals surface area contributed by atoms with E-state index in [9.17, 15) is 4.79 Å². The fourth-order valence-electron chi connectivity index (χ4n) is 0.692. The molecule has 60 valence electrons. The molecule has 0 aliphatic carbocycles. The minimum absolute atomic E-state index is 0.376. The van der Waals surface area contributed by atoms with Crippen molar-refractivity contribution in [3.63, 3.8) is 0 Å². The largest absolute Gasteiger partial charge is 0.465 e. The van der Waals surface area contributed by atoms with Gasteiger partial charge in [0.2, 0.25) is 0 Å². The zero-order valence-corrected chi connectivity index (χ0v) is 6.77. The van der Waals surface area contributed by atoms with E-state index in [-0.39, 0.29) is 5.97 Å². The van der Waals surface area contributed by atoms with E-state index in [1.165, 1.54) is 18.4 Å². The van der Waals surface area contributed by atoms with E-state index >= 15 is 0 Å². The van der Waals surface area contributed by atoms with E-state index in [0.29, 0.717) is 10.6 Å². The molecule has 0 radical (unpaired) electrons. The first-order valence-corrected chi connectivity index (χ1v) is 3.80. The van der Waals surface area contributed by atoms with Crippen LogP contribution in [0.2, 0.25) is 0 Å². The summed E-state index contributed by atoms with van der Waals surface area (Å²) in [4.78, 5) is 10.9. The molecule has 0 fully saturated rings. The van der Waals surface area contributed by atoms with Gasteiger partial charge in [0, 0.05) is 0 Å². The van der Waals surface area contributed by atoms with Gasteiger partial charge >= 0.3 is 5.97 Å². The predicted octanol–water partition coefficient (Wildman–Crippen LogP) is 0.820. The second kappa shape index (κ2) is 3.36. The number of anilines is 1. The van der Waals surface area contributed by atoms with Crippen molar-refractivity contribution in [1.29, 1.82) is 0 Å². The van der Waals surface area contributed by atoms with Gasteiger partial charge in [-0.1, -0.05) is 0 Å². The number of hydrogen-bond acceptors (Lipinski definition) is 5. The fraction of sp³-hybridized carbons (Fsp3) is 0.167. The lowest BCUT2D eigenvalue weighted by molar-refractivity contribution is 0.0602. The standard InChI is InChI=1S/C6H8N2O2S/c1-10-6(9)4-2-3-11-5(4)8-7/h2-3,8H,7H2,1H3. The summed E-state index contributed by atoms with van der Waals surface area (Å²) >= 11 is 1.36. The SMILES string of the molecule is COC(=O)c1ccsc1NN. The number of rotatable bonds is 2. The van der Waals surface area contributed by atoms with Crippen LogP contribution in [0.25, 0.3) is 0 Å². The number of hydrazine groups is 1. The molecule has 0 amide bonds. The van der Waals surface area contributed by atoms with E-state index in [2.05, 4.69) is 10.2 Å². The number of methoxy groups -OCH3 is 1. The summed E-state index contributed by atoms with van der Waals surface area (Å²) in [5.41, 5.74) is 2.88. The number of thiophene rings is 1. The van der Waals surface area contributed by atoms with Crippen LogP contribution in [0, 0.1) is 0 Å². The summed E-state index contributed by atoms with van der Waals surface area (Å²) < 4.78 is 4.51. The third-order valence-corrected chi connectivity index (χ3v) is 2.05. The Bertz CT molecular complexity index is 259. The van der Waals surface area contributed by atoms with E-state index in [0.717, 1.165) is 0 Å². The Morgan fingerprint density at radius 1 is 1.82 bits per heavy atom. The highest BCUT2D eigenvalue weighted by atomic mass is 32.1. The molecule has 0 atom stereocenters. The van der Waals surface area contributed by atoms with Crippen LogP contribution < -0.4 is 11.3 Å². The third-order valence-electron chi connectivity index (χ3n) is 1.20. The van der Waals surface area contributed by atoms with Crippen molar-refractivity contribution in [3.05, 3.63) is 17.0 Å². The van der Waals surface area contributed by atoms with Crippen molar-refractivity contribution < 1.29 is 9.53 Å². The summed E-state index contributed by atoms with van der Waals surface area (Å²) in [5.74, 6) is 4.76. The molecule has 4 nitrogen and oxygen atoms in total. The molecule has 5 heteroatoms. The minimum atomic E-state index is -0.376. The van der Waals surface area contributed by atoms with E-state index in [4.69, 9.17) is 5.84 Å². The average Bonchev–Trinajstić information content (AvgIpc) is 2.50. The Morgan fingerprint density at radius 2 is 2.55 bits per heavy atom. The van der Waals surface area contributed by atoms with E-state index < -0.39 is 0 Å². The van der Waals surface area contributed by atoms with Crippen molar-refractivity contribution >= 4 is 22.3 Å². The quantitative estimate of drug-likeness (QED) is 0.394. The van der Waals surface area contributed by atoms with Gasteiger partial charge in [0.25, 0.3) is 0 Å². The Morgan fingerprint density at radius 3 is 3.09 bits per heavy atom. The van der Waals surface area contributed by atoms with Crippen LogP contribution in [0.4, 0.5) is 5.00 Å². The van der Waals surface area contributed by atoms with Gasteiger partial charge in [0.05, 0.1) is 12.7 Å². The molecule has 0 bridgehead atoms. The Kier molecular flexibility index (Phi) is 2.45. The molecule has 1 aromatic rings. The van der Waals surface area contributed by atoms with Crippen molar-refractivity contribution in [1.82, 2.24) is 0 Å². The molecule has 0 saturated carbocycles. The van der Waals surface area contributed by atoms with Crippen molar-refractivity contribution in [2.75, 3.05) is 12.5 Å². The van der Waals surface area contributed by atoms with Gasteiger partial charge in [0.15, 0.2) is 0 Å². The zero-order valence-electron chi connectivity index (χ0n) is 5.96. The summed E-state index contributed by atoms with van der Waals surface area (Å²) in [7, 11) is 1.33. The Labute approximate surface area is 67.9 Å². The lowest BCUT2D eigenvalue weighted by Gasteiger charge is -1.98. The van der Waals surface area contributed by atoms with Gasteiger partial charge in [-0.2, -0.15) is 0 Å². The Balaban J connectivity index is 2.92.